The van der Waals surface area contributed by atoms with Gasteiger partial charge in [-0.05, 0) is 185 Å². The van der Waals surface area contributed by atoms with Crippen molar-refractivity contribution in [2.45, 2.75) is 61.0 Å². The third-order valence-corrected chi connectivity index (χ3v) is 13.2. The lowest BCUT2D eigenvalue weighted by Gasteiger charge is -2.37. The first-order valence-electron chi connectivity index (χ1n) is 18.0. The van der Waals surface area contributed by atoms with Crippen molar-refractivity contribution < 1.29 is 36.0 Å². The van der Waals surface area contributed by atoms with Crippen LogP contribution >= 0.6 is 31.9 Å². The van der Waals surface area contributed by atoms with Crippen LogP contribution in [0.15, 0.2) is 93.9 Å². The Balaban J connectivity index is 0.000000166. The summed E-state index contributed by atoms with van der Waals surface area (Å²) >= 11 is 7.50. The van der Waals surface area contributed by atoms with E-state index >= 15 is 0 Å². The van der Waals surface area contributed by atoms with E-state index in [0.29, 0.717) is 5.56 Å². The molecule has 6 aromatic carbocycles. The summed E-state index contributed by atoms with van der Waals surface area (Å²) < 4.78 is 20.8. The number of benzene rings is 6. The van der Waals surface area contributed by atoms with Gasteiger partial charge in [-0.25, -0.2) is 4.79 Å². The zero-order chi connectivity index (χ0) is 38.4. The molecule has 0 N–H and O–H groups in total. The van der Waals surface area contributed by atoms with Crippen LogP contribution in [0.5, 0.6) is 23.0 Å². The number of hydrogen-bond donors (Lipinski definition) is 0. The maximum Gasteiger partial charge on any atom is 0.340 e. The zero-order valence-electron chi connectivity index (χ0n) is 32.1. The molecule has 3 heterocycles. The molecule has 3 aliphatic heterocycles. The van der Waals surface area contributed by atoms with Gasteiger partial charge in [-0.1, -0.05) is 49.0 Å². The SMILES string of the molecule is C=c1c(C)cc2c(c1Br)Oc1c(cc(C)c(C)c1Br)C=2c1ccccc1C.Cc1cc2c(cc1C)C1(OC(=O)c3ccccc31)c1cc(C)c(C)cc1O2.[Br-]. The average molecular weight is 921 g/mol. The number of ether oxygens (including phenoxy) is 3. The number of carbonyl (C=O) groups excluding carboxylic acids is 1. The van der Waals surface area contributed by atoms with E-state index in [1.54, 1.807) is 0 Å². The number of aryl methyl sites for hydroxylation is 7. The Morgan fingerprint density at radius 2 is 1.11 bits per heavy atom. The number of hydrogen-bond acceptors (Lipinski definition) is 4. The highest BCUT2D eigenvalue weighted by atomic mass is 79.9. The predicted molar refractivity (Wildman–Crippen MR) is 224 cm³/mol. The second kappa shape index (κ2) is 14.3. The second-order valence-electron chi connectivity index (χ2n) is 14.7. The van der Waals surface area contributed by atoms with E-state index in [1.807, 2.05) is 36.4 Å². The maximum absolute atomic E-state index is 12.8. The number of fused-ring (bicyclic) bond motifs is 8. The van der Waals surface area contributed by atoms with Crippen molar-refractivity contribution >= 4 is 50.0 Å². The fourth-order valence-electron chi connectivity index (χ4n) is 7.79. The Kier molecular flexibility index (Phi) is 10.1. The van der Waals surface area contributed by atoms with E-state index in [4.69, 9.17) is 14.2 Å². The fourth-order valence-corrected chi connectivity index (χ4v) is 9.00. The highest BCUT2D eigenvalue weighted by Gasteiger charge is 2.53. The summed E-state index contributed by atoms with van der Waals surface area (Å²) in [6.45, 7) is 21.0. The predicted octanol–water partition coefficient (Wildman–Crippen LogP) is 8.70. The first-order chi connectivity index (χ1) is 25.7. The van der Waals surface area contributed by atoms with Crippen LogP contribution in [0.3, 0.4) is 0 Å². The molecule has 3 aliphatic rings. The molecule has 55 heavy (non-hydrogen) atoms. The van der Waals surface area contributed by atoms with Crippen molar-refractivity contribution in [2.75, 3.05) is 0 Å². The molecule has 1 spiro atoms. The van der Waals surface area contributed by atoms with Crippen molar-refractivity contribution in [1.82, 2.24) is 0 Å². The molecule has 0 bridgehead atoms. The average Bonchev–Trinajstić information content (AvgIpc) is 3.44. The van der Waals surface area contributed by atoms with Crippen molar-refractivity contribution in [3.63, 3.8) is 0 Å². The van der Waals surface area contributed by atoms with Gasteiger partial charge in [0.1, 0.15) is 23.0 Å². The summed E-state index contributed by atoms with van der Waals surface area (Å²) in [4.78, 5) is 12.8. The van der Waals surface area contributed by atoms with Gasteiger partial charge in [-0.15, -0.1) is 0 Å². The van der Waals surface area contributed by atoms with Crippen molar-refractivity contribution in [3.05, 3.63) is 182 Å². The molecule has 0 saturated heterocycles. The van der Waals surface area contributed by atoms with Crippen LogP contribution < -0.4 is 36.9 Å². The standard InChI is InChI=1S/C24H20Br2O.C24H20O3.BrH/c1-12-8-6-7-9-17(12)20-18-10-13(2)15(4)21(25)23(18)27-24-19(20)11-14(3)16(5)22(24)26;1-13-9-19-21(11-15(13)3)26-22-12-16(4)14(2)10-20(22)24(19)18-8-6-5-7-17(18)23(25)27-24;/h6-11H,4H2,1-3,5H3;5-12H,1-4H3;1H/p-1. The van der Waals surface area contributed by atoms with Gasteiger partial charge in [0.05, 0.1) is 14.5 Å². The summed E-state index contributed by atoms with van der Waals surface area (Å²) in [5.74, 6) is 2.91. The van der Waals surface area contributed by atoms with Crippen molar-refractivity contribution in [3.8, 4) is 23.0 Å². The summed E-state index contributed by atoms with van der Waals surface area (Å²) in [6, 6.07) is 28.9. The van der Waals surface area contributed by atoms with E-state index in [9.17, 15) is 4.79 Å². The second-order valence-corrected chi connectivity index (χ2v) is 16.3. The Morgan fingerprint density at radius 3 is 1.73 bits per heavy atom. The van der Waals surface area contributed by atoms with Crippen molar-refractivity contribution in [1.29, 1.82) is 0 Å². The molecule has 0 aromatic heterocycles. The maximum atomic E-state index is 12.8. The van der Waals surface area contributed by atoms with Crippen LogP contribution in [-0.2, 0) is 10.3 Å². The summed E-state index contributed by atoms with van der Waals surface area (Å²) in [7, 11) is 0. The summed E-state index contributed by atoms with van der Waals surface area (Å²) in [5, 5.41) is 2.06. The quantitative estimate of drug-likeness (QED) is 0.155. The fraction of sp³-hybridized carbons (Fsp3) is 0.188. The normalized spacial score (nSPS) is 13.8. The number of halogens is 3. The Bertz CT molecular complexity index is 2690. The molecule has 4 nitrogen and oxygen atoms in total. The highest BCUT2D eigenvalue weighted by Crippen LogP contribution is 2.57. The minimum atomic E-state index is -0.965. The number of carbonyl (C=O) groups is 1. The first kappa shape index (κ1) is 38.8. The molecule has 0 fully saturated rings. The smallest absolute Gasteiger partial charge is 0.340 e. The van der Waals surface area contributed by atoms with Gasteiger partial charge in [0, 0.05) is 33.0 Å². The summed E-state index contributed by atoms with van der Waals surface area (Å²) in [6.07, 6.45) is 0. The summed E-state index contributed by atoms with van der Waals surface area (Å²) in [5.41, 5.74) is 15.3. The van der Waals surface area contributed by atoms with Crippen LogP contribution in [0.1, 0.15) is 82.7 Å². The molecule has 278 valence electrons. The lowest BCUT2D eigenvalue weighted by atomic mass is 9.76. The van der Waals surface area contributed by atoms with Crippen LogP contribution in [0.2, 0.25) is 0 Å². The Morgan fingerprint density at radius 1 is 0.545 bits per heavy atom. The van der Waals surface area contributed by atoms with Crippen LogP contribution in [0.4, 0.5) is 0 Å². The first-order valence-corrected chi connectivity index (χ1v) is 19.6. The monoisotopic (exact) mass is 917 g/mol. The molecule has 9 rings (SSSR count). The molecule has 0 saturated carbocycles. The van der Waals surface area contributed by atoms with Gasteiger partial charge in [0.25, 0.3) is 0 Å². The van der Waals surface area contributed by atoms with E-state index in [-0.39, 0.29) is 23.0 Å². The zero-order valence-corrected chi connectivity index (χ0v) is 36.8. The Labute approximate surface area is 349 Å². The van der Waals surface area contributed by atoms with Crippen LogP contribution in [0, 0.1) is 55.4 Å². The third kappa shape index (κ3) is 6.01. The molecule has 7 heteroatoms. The Hall–Kier alpha value is -4.43. The van der Waals surface area contributed by atoms with Gasteiger partial charge in [0.15, 0.2) is 5.60 Å². The number of rotatable bonds is 1. The minimum absolute atomic E-state index is 0. The molecule has 6 aromatic rings. The molecule has 0 atom stereocenters. The molecule has 0 unspecified atom stereocenters. The topological polar surface area (TPSA) is 44.8 Å². The van der Waals surface area contributed by atoms with E-state index in [2.05, 4.69) is 142 Å². The van der Waals surface area contributed by atoms with Gasteiger partial charge in [-0.3, -0.25) is 0 Å². The molecular formula is C48H40Br3O4-. The third-order valence-electron chi connectivity index (χ3n) is 11.4. The number of esters is 1. The van der Waals surface area contributed by atoms with E-state index in [0.717, 1.165) is 92.5 Å². The molecule has 0 aliphatic carbocycles. The highest BCUT2D eigenvalue weighted by molar-refractivity contribution is 9.11. The lowest BCUT2D eigenvalue weighted by molar-refractivity contribution is -0.0000550. The largest absolute Gasteiger partial charge is 1.00 e. The molecule has 0 radical (unpaired) electrons. The molecular weight excluding hydrogens is 880 g/mol. The minimum Gasteiger partial charge on any atom is -1.00 e. The van der Waals surface area contributed by atoms with Crippen molar-refractivity contribution in [2.24, 2.45) is 0 Å². The van der Waals surface area contributed by atoms with Gasteiger partial charge in [0.2, 0.25) is 0 Å². The van der Waals surface area contributed by atoms with Gasteiger partial charge >= 0.3 is 5.97 Å². The van der Waals surface area contributed by atoms with Crippen LogP contribution in [0.25, 0.3) is 12.2 Å². The van der Waals surface area contributed by atoms with Crippen LogP contribution in [-0.4, -0.2) is 5.97 Å². The van der Waals surface area contributed by atoms with E-state index in [1.165, 1.54) is 27.8 Å². The van der Waals surface area contributed by atoms with E-state index < -0.39 is 5.60 Å². The van der Waals surface area contributed by atoms with Gasteiger partial charge in [-0.2, -0.15) is 0 Å². The van der Waals surface area contributed by atoms with Gasteiger partial charge < -0.3 is 31.2 Å². The molecule has 0 amide bonds. The lowest BCUT2D eigenvalue weighted by Crippen LogP contribution is -3.00.